The van der Waals surface area contributed by atoms with E-state index in [0.29, 0.717) is 11.5 Å². The fourth-order valence-corrected chi connectivity index (χ4v) is 2.08. The molecule has 98 valence electrons. The van der Waals surface area contributed by atoms with Gasteiger partial charge < -0.3 is 15.7 Å². The highest BCUT2D eigenvalue weighted by molar-refractivity contribution is 9.11. The SMILES string of the molecule is O/C(=C\Br)NCC(=S)Nc1cccc2ccccc12. The van der Waals surface area contributed by atoms with Gasteiger partial charge in [-0.3, -0.25) is 0 Å². The van der Waals surface area contributed by atoms with Crippen LogP contribution < -0.4 is 10.6 Å². The van der Waals surface area contributed by atoms with Crippen molar-refractivity contribution < 1.29 is 5.11 Å². The summed E-state index contributed by atoms with van der Waals surface area (Å²) in [7, 11) is 0. The molecular formula is C14H13BrN2OS. The Morgan fingerprint density at radius 1 is 1.21 bits per heavy atom. The lowest BCUT2D eigenvalue weighted by atomic mass is 10.1. The lowest BCUT2D eigenvalue weighted by Gasteiger charge is -2.11. The highest BCUT2D eigenvalue weighted by Crippen LogP contribution is 2.22. The van der Waals surface area contributed by atoms with Gasteiger partial charge in [-0.05, 0) is 11.5 Å². The van der Waals surface area contributed by atoms with Crippen molar-refractivity contribution in [2.24, 2.45) is 0 Å². The van der Waals surface area contributed by atoms with E-state index in [-0.39, 0.29) is 5.88 Å². The third-order valence-corrected chi connectivity index (χ3v) is 3.28. The van der Waals surface area contributed by atoms with Crippen LogP contribution in [0, 0.1) is 0 Å². The standard InChI is InChI=1S/C14H13BrN2OS/c15-8-13(18)16-9-14(19)17-12-7-3-5-10-4-1-2-6-11(10)12/h1-8,16,18H,9H2,(H,17,19)/b13-8-. The molecule has 2 aromatic carbocycles. The lowest BCUT2D eigenvalue weighted by molar-refractivity contribution is 0.374. The van der Waals surface area contributed by atoms with Crippen molar-refractivity contribution in [3.63, 3.8) is 0 Å². The average molecular weight is 337 g/mol. The van der Waals surface area contributed by atoms with Crippen LogP contribution in [0.3, 0.4) is 0 Å². The smallest absolute Gasteiger partial charge is 0.191 e. The minimum Gasteiger partial charge on any atom is -0.494 e. The molecule has 0 radical (unpaired) electrons. The molecule has 0 unspecified atom stereocenters. The molecule has 0 bridgehead atoms. The summed E-state index contributed by atoms with van der Waals surface area (Å²) in [5, 5.41) is 17.5. The summed E-state index contributed by atoms with van der Waals surface area (Å²) < 4.78 is 0. The van der Waals surface area contributed by atoms with Crippen LogP contribution in [0.25, 0.3) is 10.8 Å². The summed E-state index contributed by atoms with van der Waals surface area (Å²) in [6.45, 7) is 0.368. The van der Waals surface area contributed by atoms with E-state index < -0.39 is 0 Å². The van der Waals surface area contributed by atoms with Crippen molar-refractivity contribution in [1.29, 1.82) is 0 Å². The predicted octanol–water partition coefficient (Wildman–Crippen LogP) is 3.92. The summed E-state index contributed by atoms with van der Waals surface area (Å²) in [5.41, 5.74) is 0.965. The molecule has 3 nitrogen and oxygen atoms in total. The molecule has 0 spiro atoms. The molecule has 19 heavy (non-hydrogen) atoms. The molecule has 0 aliphatic carbocycles. The van der Waals surface area contributed by atoms with Gasteiger partial charge in [-0.25, -0.2) is 0 Å². The Morgan fingerprint density at radius 3 is 2.74 bits per heavy atom. The minimum atomic E-state index is 0.0436. The van der Waals surface area contributed by atoms with E-state index in [9.17, 15) is 5.11 Å². The highest BCUT2D eigenvalue weighted by Gasteiger charge is 2.02. The van der Waals surface area contributed by atoms with Gasteiger partial charge in [0.15, 0.2) is 5.88 Å². The molecule has 0 aliphatic heterocycles. The van der Waals surface area contributed by atoms with Crippen LogP contribution in [0.2, 0.25) is 0 Å². The van der Waals surface area contributed by atoms with E-state index in [0.717, 1.165) is 16.5 Å². The van der Waals surface area contributed by atoms with Crippen LogP contribution in [-0.4, -0.2) is 16.6 Å². The molecule has 0 saturated heterocycles. The largest absolute Gasteiger partial charge is 0.494 e. The Kier molecular flexibility index (Phi) is 4.76. The Balaban J connectivity index is 2.11. The maximum Gasteiger partial charge on any atom is 0.191 e. The Hall–Kier alpha value is -1.59. The number of nitrogens with one attached hydrogen (secondary N) is 2. The second kappa shape index (κ2) is 6.54. The fraction of sp³-hybridized carbons (Fsp3) is 0.0714. The first-order valence-corrected chi connectivity index (χ1v) is 7.04. The van der Waals surface area contributed by atoms with E-state index >= 15 is 0 Å². The van der Waals surface area contributed by atoms with E-state index in [4.69, 9.17) is 12.2 Å². The maximum absolute atomic E-state index is 9.26. The van der Waals surface area contributed by atoms with Crippen LogP contribution in [0.1, 0.15) is 0 Å². The maximum atomic E-state index is 9.26. The molecule has 2 rings (SSSR count). The summed E-state index contributed by atoms with van der Waals surface area (Å²) in [4.78, 5) is 2.00. The minimum absolute atomic E-state index is 0.0436. The number of fused-ring (bicyclic) bond motifs is 1. The summed E-state index contributed by atoms with van der Waals surface area (Å²) >= 11 is 8.26. The molecule has 0 aliphatic rings. The van der Waals surface area contributed by atoms with Gasteiger partial charge in [0.05, 0.1) is 11.5 Å². The number of rotatable bonds is 4. The zero-order chi connectivity index (χ0) is 13.7. The lowest BCUT2D eigenvalue weighted by Crippen LogP contribution is -2.26. The van der Waals surface area contributed by atoms with Gasteiger partial charge in [0, 0.05) is 16.1 Å². The highest BCUT2D eigenvalue weighted by atomic mass is 79.9. The molecule has 0 atom stereocenters. The number of anilines is 1. The van der Waals surface area contributed by atoms with Gasteiger partial charge in [-0.2, -0.15) is 0 Å². The number of hydrogen-bond donors (Lipinski definition) is 3. The molecule has 3 N–H and O–H groups in total. The predicted molar refractivity (Wildman–Crippen MR) is 87.8 cm³/mol. The second-order valence-electron chi connectivity index (χ2n) is 3.92. The molecule has 0 fully saturated rings. The molecule has 0 aromatic heterocycles. The van der Waals surface area contributed by atoms with Crippen LogP contribution >= 0.6 is 28.1 Å². The number of hydrogen-bond acceptors (Lipinski definition) is 3. The van der Waals surface area contributed by atoms with Gasteiger partial charge in [0.1, 0.15) is 0 Å². The zero-order valence-electron chi connectivity index (χ0n) is 10.1. The molecule has 5 heteroatoms. The number of thiocarbonyl (C=S) groups is 1. The van der Waals surface area contributed by atoms with Crippen molar-refractivity contribution in [2.75, 3.05) is 11.9 Å². The van der Waals surface area contributed by atoms with Gasteiger partial charge >= 0.3 is 0 Å². The third kappa shape index (κ3) is 3.68. The van der Waals surface area contributed by atoms with Crippen LogP contribution in [0.15, 0.2) is 53.3 Å². The van der Waals surface area contributed by atoms with Crippen LogP contribution in [0.5, 0.6) is 0 Å². The third-order valence-electron chi connectivity index (χ3n) is 2.60. The van der Waals surface area contributed by atoms with Crippen molar-refractivity contribution >= 4 is 49.6 Å². The number of halogens is 1. The van der Waals surface area contributed by atoms with Crippen molar-refractivity contribution in [1.82, 2.24) is 5.32 Å². The van der Waals surface area contributed by atoms with Crippen LogP contribution in [-0.2, 0) is 0 Å². The van der Waals surface area contributed by atoms with Crippen LogP contribution in [0.4, 0.5) is 5.69 Å². The Labute approximate surface area is 125 Å². The average Bonchev–Trinajstić information content (AvgIpc) is 2.45. The quantitative estimate of drug-likeness (QED) is 0.584. The summed E-state index contributed by atoms with van der Waals surface area (Å²) in [5.74, 6) is 0.0436. The topological polar surface area (TPSA) is 44.3 Å². The molecule has 0 amide bonds. The number of benzene rings is 2. The van der Waals surface area contributed by atoms with E-state index in [1.165, 1.54) is 4.99 Å². The number of aliphatic hydroxyl groups is 1. The second-order valence-corrected chi connectivity index (χ2v) is 4.87. The van der Waals surface area contributed by atoms with Crippen molar-refractivity contribution in [3.05, 3.63) is 53.3 Å². The van der Waals surface area contributed by atoms with E-state index in [1.807, 2.05) is 30.3 Å². The van der Waals surface area contributed by atoms with Crippen molar-refractivity contribution in [2.45, 2.75) is 0 Å². The van der Waals surface area contributed by atoms with Gasteiger partial charge in [-0.1, -0.05) is 64.5 Å². The first kappa shape index (κ1) is 13.8. The number of aliphatic hydroxyl groups excluding tert-OH is 1. The Morgan fingerprint density at radius 2 is 1.95 bits per heavy atom. The monoisotopic (exact) mass is 336 g/mol. The van der Waals surface area contributed by atoms with Crippen molar-refractivity contribution in [3.8, 4) is 0 Å². The first-order valence-electron chi connectivity index (χ1n) is 5.71. The normalized spacial score (nSPS) is 11.3. The molecular weight excluding hydrogens is 324 g/mol. The molecule has 0 saturated carbocycles. The van der Waals surface area contributed by atoms with Gasteiger partial charge in [-0.15, -0.1) is 0 Å². The summed E-state index contributed by atoms with van der Waals surface area (Å²) in [6.07, 6.45) is 0. The summed E-state index contributed by atoms with van der Waals surface area (Å²) in [6, 6.07) is 14.1. The fourth-order valence-electron chi connectivity index (χ4n) is 1.74. The van der Waals surface area contributed by atoms with E-state index in [1.54, 1.807) is 0 Å². The zero-order valence-corrected chi connectivity index (χ0v) is 12.5. The molecule has 2 aromatic rings. The van der Waals surface area contributed by atoms with Gasteiger partial charge in [0.2, 0.25) is 0 Å². The van der Waals surface area contributed by atoms with Gasteiger partial charge in [0.25, 0.3) is 0 Å². The first-order chi connectivity index (χ1) is 9.20. The molecule has 0 heterocycles. The Bertz CT molecular complexity index is 622. The van der Waals surface area contributed by atoms with E-state index in [2.05, 4.69) is 38.7 Å².